The molecule has 1 amide bonds. The van der Waals surface area contributed by atoms with Gasteiger partial charge in [0.1, 0.15) is 0 Å². The molecule has 2 aliphatic rings. The Bertz CT molecular complexity index is 466. The van der Waals surface area contributed by atoms with Crippen LogP contribution < -0.4 is 4.90 Å². The number of carbonyl (C=O) groups is 1. The molecular weight excluding hydrogens is 260 g/mol. The number of hydrogen-bond donors (Lipinski definition) is 0. The SMILES string of the molecule is CCN1CCCc2cc(C(=O)N3CCOCC3)sc21. The molecule has 3 heterocycles. The highest BCUT2D eigenvalue weighted by Gasteiger charge is 2.25. The lowest BCUT2D eigenvalue weighted by Crippen LogP contribution is -2.40. The van der Waals surface area contributed by atoms with Gasteiger partial charge >= 0.3 is 0 Å². The number of amides is 1. The van der Waals surface area contributed by atoms with Crippen molar-refractivity contribution >= 4 is 22.2 Å². The van der Waals surface area contributed by atoms with Gasteiger partial charge in [-0.1, -0.05) is 0 Å². The number of nitrogens with zero attached hydrogens (tertiary/aromatic N) is 2. The number of hydrogen-bond acceptors (Lipinski definition) is 4. The fraction of sp³-hybridized carbons (Fsp3) is 0.643. The van der Waals surface area contributed by atoms with Gasteiger partial charge in [-0.25, -0.2) is 0 Å². The summed E-state index contributed by atoms with van der Waals surface area (Å²) in [5.41, 5.74) is 1.36. The molecule has 5 heteroatoms. The minimum Gasteiger partial charge on any atom is -0.378 e. The number of aryl methyl sites for hydroxylation is 1. The van der Waals surface area contributed by atoms with Crippen molar-refractivity contribution in [3.05, 3.63) is 16.5 Å². The molecule has 2 aliphatic heterocycles. The Hall–Kier alpha value is -1.07. The van der Waals surface area contributed by atoms with Gasteiger partial charge < -0.3 is 14.5 Å². The van der Waals surface area contributed by atoms with E-state index in [9.17, 15) is 4.79 Å². The number of fused-ring (bicyclic) bond motifs is 1. The lowest BCUT2D eigenvalue weighted by molar-refractivity contribution is 0.0306. The number of carbonyl (C=O) groups excluding carboxylic acids is 1. The second-order valence-electron chi connectivity index (χ2n) is 5.03. The van der Waals surface area contributed by atoms with E-state index in [1.807, 2.05) is 4.90 Å². The van der Waals surface area contributed by atoms with Gasteiger partial charge in [-0.05, 0) is 31.4 Å². The highest BCUT2D eigenvalue weighted by atomic mass is 32.1. The lowest BCUT2D eigenvalue weighted by Gasteiger charge is -2.27. The third-order valence-corrected chi connectivity index (χ3v) is 5.06. The van der Waals surface area contributed by atoms with Gasteiger partial charge in [0.15, 0.2) is 0 Å². The van der Waals surface area contributed by atoms with Crippen LogP contribution in [0.25, 0.3) is 0 Å². The Morgan fingerprint density at radius 2 is 2.16 bits per heavy atom. The fourth-order valence-electron chi connectivity index (χ4n) is 2.76. The molecule has 3 rings (SSSR count). The summed E-state index contributed by atoms with van der Waals surface area (Å²) in [5, 5.41) is 1.31. The highest BCUT2D eigenvalue weighted by molar-refractivity contribution is 7.18. The van der Waals surface area contributed by atoms with Gasteiger partial charge in [-0.15, -0.1) is 11.3 Å². The van der Waals surface area contributed by atoms with Crippen molar-refractivity contribution in [3.63, 3.8) is 0 Å². The van der Waals surface area contributed by atoms with E-state index in [2.05, 4.69) is 17.9 Å². The van der Waals surface area contributed by atoms with E-state index in [-0.39, 0.29) is 5.91 Å². The topological polar surface area (TPSA) is 32.8 Å². The maximum atomic E-state index is 12.5. The average molecular weight is 280 g/mol. The smallest absolute Gasteiger partial charge is 0.264 e. The van der Waals surface area contributed by atoms with Gasteiger partial charge in [-0.3, -0.25) is 4.79 Å². The van der Waals surface area contributed by atoms with Gasteiger partial charge in [0, 0.05) is 26.2 Å². The van der Waals surface area contributed by atoms with E-state index in [4.69, 9.17) is 4.74 Å². The van der Waals surface area contributed by atoms with Crippen LogP contribution in [-0.4, -0.2) is 50.2 Å². The number of anilines is 1. The lowest BCUT2D eigenvalue weighted by atomic mass is 10.1. The molecule has 0 N–H and O–H groups in total. The molecule has 0 aromatic carbocycles. The molecule has 1 aromatic rings. The largest absolute Gasteiger partial charge is 0.378 e. The first kappa shape index (κ1) is 12.9. The quantitative estimate of drug-likeness (QED) is 0.830. The van der Waals surface area contributed by atoms with Gasteiger partial charge in [-0.2, -0.15) is 0 Å². The van der Waals surface area contributed by atoms with E-state index in [1.165, 1.54) is 17.0 Å². The molecule has 1 fully saturated rings. The molecule has 0 unspecified atom stereocenters. The van der Waals surface area contributed by atoms with Crippen LogP contribution in [0.3, 0.4) is 0 Å². The van der Waals surface area contributed by atoms with Crippen LogP contribution in [-0.2, 0) is 11.2 Å². The second kappa shape index (κ2) is 5.51. The van der Waals surface area contributed by atoms with E-state index in [1.54, 1.807) is 11.3 Å². The average Bonchev–Trinajstić information content (AvgIpc) is 2.91. The summed E-state index contributed by atoms with van der Waals surface area (Å²) < 4.78 is 5.30. The summed E-state index contributed by atoms with van der Waals surface area (Å²) in [6.07, 6.45) is 2.31. The van der Waals surface area contributed by atoms with Crippen molar-refractivity contribution in [1.29, 1.82) is 0 Å². The standard InChI is InChI=1S/C14H20N2O2S/c1-2-15-5-3-4-11-10-12(19-14(11)15)13(17)16-6-8-18-9-7-16/h10H,2-9H2,1H3. The number of morpholine rings is 1. The van der Waals surface area contributed by atoms with Gasteiger partial charge in [0.05, 0.1) is 23.1 Å². The Labute approximate surface area is 118 Å². The number of thiophene rings is 1. The Morgan fingerprint density at radius 1 is 1.37 bits per heavy atom. The molecule has 0 radical (unpaired) electrons. The Kier molecular flexibility index (Phi) is 3.75. The molecule has 19 heavy (non-hydrogen) atoms. The van der Waals surface area contributed by atoms with Crippen LogP contribution >= 0.6 is 11.3 Å². The monoisotopic (exact) mass is 280 g/mol. The Balaban J connectivity index is 1.81. The molecule has 0 spiro atoms. The zero-order valence-electron chi connectivity index (χ0n) is 11.4. The van der Waals surface area contributed by atoms with Crippen LogP contribution in [0.4, 0.5) is 5.00 Å². The summed E-state index contributed by atoms with van der Waals surface area (Å²) in [7, 11) is 0. The Morgan fingerprint density at radius 3 is 2.89 bits per heavy atom. The highest BCUT2D eigenvalue weighted by Crippen LogP contribution is 2.36. The number of ether oxygens (including phenoxy) is 1. The minimum atomic E-state index is 0.179. The van der Waals surface area contributed by atoms with Crippen LogP contribution in [0.1, 0.15) is 28.6 Å². The van der Waals surface area contributed by atoms with E-state index >= 15 is 0 Å². The summed E-state index contributed by atoms with van der Waals surface area (Å²) in [6, 6.07) is 2.11. The third kappa shape index (κ3) is 2.49. The van der Waals surface area contributed by atoms with Crippen LogP contribution in [0, 0.1) is 0 Å². The van der Waals surface area contributed by atoms with Crippen molar-refractivity contribution in [2.45, 2.75) is 19.8 Å². The van der Waals surface area contributed by atoms with Gasteiger partial charge in [0.2, 0.25) is 0 Å². The van der Waals surface area contributed by atoms with Crippen molar-refractivity contribution in [2.75, 3.05) is 44.3 Å². The first-order valence-electron chi connectivity index (χ1n) is 7.04. The molecule has 0 aliphatic carbocycles. The molecule has 0 bridgehead atoms. The third-order valence-electron chi connectivity index (χ3n) is 3.84. The first-order valence-corrected chi connectivity index (χ1v) is 7.86. The molecular formula is C14H20N2O2S. The van der Waals surface area contributed by atoms with Crippen LogP contribution in [0.2, 0.25) is 0 Å². The zero-order valence-corrected chi connectivity index (χ0v) is 12.2. The predicted octanol–water partition coefficient (Wildman–Crippen LogP) is 1.99. The maximum absolute atomic E-state index is 12.5. The van der Waals surface area contributed by atoms with Gasteiger partial charge in [0.25, 0.3) is 5.91 Å². The normalized spacial score (nSPS) is 19.4. The van der Waals surface area contributed by atoms with Crippen molar-refractivity contribution < 1.29 is 9.53 Å². The van der Waals surface area contributed by atoms with E-state index in [0.29, 0.717) is 13.2 Å². The maximum Gasteiger partial charge on any atom is 0.264 e. The van der Waals surface area contributed by atoms with Crippen LogP contribution in [0.15, 0.2) is 6.07 Å². The van der Waals surface area contributed by atoms with E-state index in [0.717, 1.165) is 37.5 Å². The molecule has 1 aromatic heterocycles. The zero-order chi connectivity index (χ0) is 13.2. The van der Waals surface area contributed by atoms with Crippen molar-refractivity contribution in [2.24, 2.45) is 0 Å². The molecule has 1 saturated heterocycles. The first-order chi connectivity index (χ1) is 9.29. The van der Waals surface area contributed by atoms with Crippen molar-refractivity contribution in [1.82, 2.24) is 4.90 Å². The number of rotatable bonds is 2. The summed E-state index contributed by atoms with van der Waals surface area (Å²) in [6.45, 7) is 7.10. The molecule has 0 atom stereocenters. The van der Waals surface area contributed by atoms with E-state index < -0.39 is 0 Å². The fourth-order valence-corrected chi connectivity index (χ4v) is 4.02. The molecule has 104 valence electrons. The predicted molar refractivity (Wildman–Crippen MR) is 77.2 cm³/mol. The van der Waals surface area contributed by atoms with Crippen molar-refractivity contribution in [3.8, 4) is 0 Å². The minimum absolute atomic E-state index is 0.179. The molecule has 4 nitrogen and oxygen atoms in total. The second-order valence-corrected chi connectivity index (χ2v) is 6.06. The summed E-state index contributed by atoms with van der Waals surface area (Å²) in [5.74, 6) is 0.179. The molecule has 0 saturated carbocycles. The summed E-state index contributed by atoms with van der Waals surface area (Å²) >= 11 is 1.66. The van der Waals surface area contributed by atoms with Crippen LogP contribution in [0.5, 0.6) is 0 Å². The summed E-state index contributed by atoms with van der Waals surface area (Å²) in [4.78, 5) is 17.7.